The molecule has 20 N–H and O–H groups in total. The number of nitrogens with one attached hydrogen (secondary N) is 1. The minimum absolute atomic E-state index is 0.00212. The van der Waals surface area contributed by atoms with E-state index in [0.717, 1.165) is 69.0 Å². The number of nitrogens with two attached hydrogens (primary N) is 9. The Morgan fingerprint density at radius 3 is 1.15 bits per heavy atom. The number of aliphatic hydroxyl groups excluding tert-OH is 1. The minimum atomic E-state index is -0.639. The number of nitrogens with zero attached hydrogens (tertiary/aromatic N) is 8. The summed E-state index contributed by atoms with van der Waals surface area (Å²) >= 11 is 15.5. The molecule has 3 fully saturated rings. The van der Waals surface area contributed by atoms with Crippen LogP contribution in [0, 0.1) is 6.57 Å². The zero-order chi connectivity index (χ0) is 111. The highest BCUT2D eigenvalue weighted by Crippen LogP contribution is 2.29. The first-order valence-electron chi connectivity index (χ1n) is 47.4. The number of rotatable bonds is 40. The summed E-state index contributed by atoms with van der Waals surface area (Å²) in [5.74, 6) is -1.93. The van der Waals surface area contributed by atoms with E-state index < -0.39 is 11.9 Å². The zero-order valence-corrected chi connectivity index (χ0v) is 92.0. The molecule has 39 nitrogen and oxygen atoms in total. The number of thiophene rings is 8. The quantitative estimate of drug-likeness (QED) is 0.00966. The molecule has 0 aliphatic carbocycles. The molecule has 6 amide bonds. The van der Waals surface area contributed by atoms with E-state index in [2.05, 4.69) is 33.9 Å². The summed E-state index contributed by atoms with van der Waals surface area (Å²) in [4.78, 5) is 236. The number of carbonyl (C=O) groups excluding carboxylic acids is 18. The molecule has 1 atom stereocenters. The largest absolute Gasteiger partial charge is 0.395 e. The van der Waals surface area contributed by atoms with E-state index in [1.54, 1.807) is 153 Å². The van der Waals surface area contributed by atoms with Crippen molar-refractivity contribution in [3.8, 4) is 0 Å². The number of morpholine rings is 1. The van der Waals surface area contributed by atoms with E-state index in [1.807, 2.05) is 29.7 Å². The van der Waals surface area contributed by atoms with Gasteiger partial charge in [-0.25, -0.2) is 6.57 Å². The topological polar surface area (TPSA) is 629 Å². The van der Waals surface area contributed by atoms with E-state index in [1.165, 1.54) is 102 Å². The number of methoxy groups -OCH3 is 1. The van der Waals surface area contributed by atoms with E-state index in [0.29, 0.717) is 161 Å². The maximum absolute atomic E-state index is 12.4. The van der Waals surface area contributed by atoms with Crippen LogP contribution in [0.15, 0.2) is 140 Å². The molecular formula is C102H129ClN18O21S8. The Morgan fingerprint density at radius 2 is 0.800 bits per heavy atom. The molecule has 48 heteroatoms. The second kappa shape index (κ2) is 68.8. The molecule has 0 saturated carbocycles. The van der Waals surface area contributed by atoms with Gasteiger partial charge >= 0.3 is 0 Å². The first-order chi connectivity index (χ1) is 71.8. The van der Waals surface area contributed by atoms with Crippen molar-refractivity contribution in [1.29, 1.82) is 0 Å². The monoisotopic (exact) mass is 2230 g/mol. The van der Waals surface area contributed by atoms with Crippen molar-refractivity contribution < 1.29 is 101 Å². The fraction of sp³-hybridized carbons (Fsp3) is 0.392. The molecule has 13 rings (SSSR count). The van der Waals surface area contributed by atoms with Gasteiger partial charge in [0.05, 0.1) is 167 Å². The number of hydrogen-bond acceptors (Lipinski definition) is 40. The van der Waals surface area contributed by atoms with E-state index in [-0.39, 0.29) is 182 Å². The zero-order valence-electron chi connectivity index (χ0n) is 84.7. The van der Waals surface area contributed by atoms with Crippen molar-refractivity contribution in [1.82, 2.24) is 39.7 Å². The molecule has 9 aromatic heterocycles. The molecule has 0 spiro atoms. The highest BCUT2D eigenvalue weighted by molar-refractivity contribution is 7.18. The number of ketones is 12. The highest BCUT2D eigenvalue weighted by Gasteiger charge is 2.30. The van der Waals surface area contributed by atoms with Crippen LogP contribution < -0.4 is 56.9 Å². The third kappa shape index (κ3) is 41.3. The average Bonchev–Trinajstić information content (AvgIpc) is 1.67. The van der Waals surface area contributed by atoms with Gasteiger partial charge in [0.1, 0.15) is 0 Å². The Balaban J connectivity index is 0.000000297. The van der Waals surface area contributed by atoms with Crippen LogP contribution in [0.2, 0.25) is 5.02 Å². The van der Waals surface area contributed by atoms with Gasteiger partial charge in [0.2, 0.25) is 0 Å². The first-order valence-corrected chi connectivity index (χ1v) is 54.3. The lowest BCUT2D eigenvalue weighted by molar-refractivity contribution is 0.0306. The van der Waals surface area contributed by atoms with Crippen LogP contribution >= 0.6 is 102 Å². The number of likely N-dealkylation sites (tertiary alicyclic amines) is 1. The van der Waals surface area contributed by atoms with Crippen molar-refractivity contribution in [3.05, 3.63) is 251 Å². The van der Waals surface area contributed by atoms with Crippen LogP contribution in [0.3, 0.4) is 0 Å². The highest BCUT2D eigenvalue weighted by atomic mass is 35.5. The second-order valence-electron chi connectivity index (χ2n) is 32.5. The van der Waals surface area contributed by atoms with Crippen LogP contribution in [0.4, 0.5) is 0 Å². The Kier molecular flexibility index (Phi) is 59.0. The number of piperazine rings is 1. The van der Waals surface area contributed by atoms with E-state index in [4.69, 9.17) is 84.4 Å². The molecule has 3 aliphatic rings. The summed E-state index contributed by atoms with van der Waals surface area (Å²) in [6.07, 6.45) is 7.41. The maximum atomic E-state index is 12.4. The molecule has 12 heterocycles. The van der Waals surface area contributed by atoms with E-state index in [9.17, 15) is 86.3 Å². The van der Waals surface area contributed by atoms with Gasteiger partial charge in [0.25, 0.3) is 47.3 Å². The van der Waals surface area contributed by atoms with Gasteiger partial charge in [-0.15, -0.1) is 90.7 Å². The van der Waals surface area contributed by atoms with Gasteiger partial charge in [-0.2, -0.15) is 0 Å². The van der Waals surface area contributed by atoms with Crippen molar-refractivity contribution in [2.75, 3.05) is 179 Å². The normalized spacial score (nSPS) is 12.4. The van der Waals surface area contributed by atoms with Crippen molar-refractivity contribution in [3.63, 3.8) is 0 Å². The summed E-state index contributed by atoms with van der Waals surface area (Å²) in [5, 5.41) is 11.2. The number of carbonyl (C=O) groups is 18. The first kappa shape index (κ1) is 129. The summed E-state index contributed by atoms with van der Waals surface area (Å²) < 4.78 is 10.1. The Bertz CT molecular complexity index is 6140. The molecule has 1 unspecified atom stereocenters. The molecule has 10 aromatic rings. The van der Waals surface area contributed by atoms with Crippen LogP contribution in [-0.4, -0.2) is 335 Å². The van der Waals surface area contributed by atoms with Crippen molar-refractivity contribution in [2.24, 2.45) is 51.6 Å². The molecule has 3 aliphatic heterocycles. The molecule has 3 saturated heterocycles. The number of aromatic nitrogens is 1. The smallest absolute Gasteiger partial charge is 0.286 e. The maximum Gasteiger partial charge on any atom is 0.286 e. The number of halogens is 1. The number of hydrogen-bond donors (Lipinski definition) is 11. The Hall–Kier alpha value is -11.9. The van der Waals surface area contributed by atoms with Crippen LogP contribution in [0.1, 0.15) is 248 Å². The molecule has 0 bridgehead atoms. The fourth-order valence-electron chi connectivity index (χ4n) is 13.2. The SMILES string of the molecule is CC(C)N1CCN(C(=O)c2ccc(C(=O)CN)s2)CC1.CCN(CC)C(=O)c1ccc(C(=O)CN)s1.CN(C)C(=O)c1ccc(C(=O)CN)s1.COCCCC(=O)c1ccc(C(=O)CN)s1.NCC(=O)c1ccc(C(=O)Cc2cccnc2)s1.NCC(=O)c1ccc(C(=O)N2CCCC2)s1.NCC(=O)c1ccc(C(=O)N2CCOCC2)s1.NCC(=O)c1ccc(C(=O)NCCO)c(Cl)c1.[C-]#[N+]C(CC)C(=O)c1ccc(C(=O)CN)s1. The summed E-state index contributed by atoms with van der Waals surface area (Å²) in [7, 11) is 4.95. The van der Waals surface area contributed by atoms with Gasteiger partial charge in [-0.3, -0.25) is 96.2 Å². The van der Waals surface area contributed by atoms with Gasteiger partial charge in [0, 0.05) is 143 Å². The Morgan fingerprint density at radius 1 is 0.453 bits per heavy atom. The fourth-order valence-corrected chi connectivity index (χ4v) is 20.9. The van der Waals surface area contributed by atoms with Gasteiger partial charge in [0.15, 0.2) is 63.6 Å². The molecule has 150 heavy (non-hydrogen) atoms. The number of aliphatic hydroxyl groups is 1. The molecular weight excluding hydrogens is 2110 g/mol. The summed E-state index contributed by atoms with van der Waals surface area (Å²) in [5.41, 5.74) is 48.8. The number of benzene rings is 1. The van der Waals surface area contributed by atoms with Crippen molar-refractivity contribution >= 4 is 207 Å². The number of ether oxygens (including phenoxy) is 2. The number of amides is 6. The molecule has 0 radical (unpaired) electrons. The second-order valence-corrected chi connectivity index (χ2v) is 41.6. The third-order valence-corrected chi connectivity index (χ3v) is 31.0. The predicted octanol–water partition coefficient (Wildman–Crippen LogP) is 9.69. The lowest BCUT2D eigenvalue weighted by Crippen LogP contribution is -2.50. The van der Waals surface area contributed by atoms with Crippen LogP contribution in [-0.2, 0) is 15.9 Å². The predicted molar refractivity (Wildman–Crippen MR) is 588 cm³/mol. The average molecular weight is 2240 g/mol. The number of pyridine rings is 1. The van der Waals surface area contributed by atoms with Crippen molar-refractivity contribution in [2.45, 2.75) is 85.2 Å². The standard InChI is InChI=1S/C14H21N3O2S.C13H12N2O2S.C11H13ClN2O3.C11H14N2O3S.C11H14N2O2S.C11H12N2O2S.C11H16N2O2S.C11H15NO3S.C9H12N2O2S/c1-10(2)16-5-7-17(8-6-16)14(19)13-4-3-12(20-13)11(18)9-15;14-7-11(17)13-4-3-12(18-13)10(16)6-9-2-1-5-15-8-9;12-9-5-7(10(16)6-13)1-2-8(9)11(17)14-3-4-15;12-7-8(14)9-1-2-10(17-9)11(15)13-3-5-16-6-4-13;12-7-8(14)9-3-4-10(16-9)11(15)13-5-1-2-6-13;1-3-7(13-2)11(15)10-5-4-9(16-10)8(14)6-12;1-3-13(4-2)11(15)10-6-5-9(16-10)8(14)7-12;1-15-6-2-3-8(13)10-4-5-11(16-10)9(14)7-12;1-11(2)9(13)8-4-3-7(14-8)6(12)5-10/h3-4,10H,5-9,15H2,1-2H3;1-5,8H,6-7,14H2;1-2,5,15H,3-4,6,13H2,(H,14,17);1-2H,3-7,12H2;3-4H,1-2,5-7,12H2;4-5,7H,3,6,12H2,1H3;5-6H,3-4,7,12H2,1-2H3;4-5H,2-3,6-7,12H2,1H3;3-4H,5,10H2,1-2H3. The van der Waals surface area contributed by atoms with Gasteiger partial charge in [-0.05, 0) is 168 Å². The lowest BCUT2D eigenvalue weighted by atomic mass is 10.1. The van der Waals surface area contributed by atoms with E-state index >= 15 is 0 Å². The molecule has 808 valence electrons. The summed E-state index contributed by atoms with van der Waals surface area (Å²) in [6, 6.07) is 34.5. The minimum Gasteiger partial charge on any atom is -0.395 e. The van der Waals surface area contributed by atoms with Gasteiger partial charge in [-0.1, -0.05) is 30.7 Å². The molecule has 1 aromatic carbocycles. The summed E-state index contributed by atoms with van der Waals surface area (Å²) in [6.45, 7) is 25.9. The third-order valence-electron chi connectivity index (χ3n) is 21.7. The number of Topliss-reactive ketones (excluding diaryl/α,β-unsaturated/α-hetero) is 12. The van der Waals surface area contributed by atoms with Crippen LogP contribution in [0.25, 0.3) is 4.85 Å². The Labute approximate surface area is 907 Å². The lowest BCUT2D eigenvalue weighted by Gasteiger charge is -2.36. The van der Waals surface area contributed by atoms with Gasteiger partial charge < -0.3 is 101 Å². The van der Waals surface area contributed by atoms with Crippen LogP contribution in [0.5, 0.6) is 0 Å².